The smallest absolute Gasteiger partial charge is 0.333 e. The summed E-state index contributed by atoms with van der Waals surface area (Å²) in [5.41, 5.74) is 0.360. The van der Waals surface area contributed by atoms with Gasteiger partial charge in [-0.15, -0.1) is 0 Å². The summed E-state index contributed by atoms with van der Waals surface area (Å²) < 4.78 is 5.00. The van der Waals surface area contributed by atoms with Crippen molar-refractivity contribution in [3.63, 3.8) is 0 Å². The van der Waals surface area contributed by atoms with Gasteiger partial charge in [0.05, 0.1) is 17.6 Å². The Hall–Kier alpha value is -1.72. The molecule has 0 saturated carbocycles. The molecule has 0 aromatic rings. The van der Waals surface area contributed by atoms with E-state index in [1.807, 2.05) is 6.08 Å². The fourth-order valence-corrected chi connectivity index (χ4v) is 3.66. The highest BCUT2D eigenvalue weighted by Gasteiger charge is 2.34. The van der Waals surface area contributed by atoms with Crippen molar-refractivity contribution in [2.75, 3.05) is 6.61 Å². The van der Waals surface area contributed by atoms with Crippen molar-refractivity contribution in [2.24, 2.45) is 17.3 Å². The molecule has 2 N–H and O–H groups in total. The fraction of sp³-hybridized carbons (Fsp3) is 0.652. The van der Waals surface area contributed by atoms with Gasteiger partial charge in [0.2, 0.25) is 0 Å². The maximum absolute atomic E-state index is 12.9. The molecule has 0 amide bonds. The summed E-state index contributed by atoms with van der Waals surface area (Å²) >= 11 is 0. The summed E-state index contributed by atoms with van der Waals surface area (Å²) in [6.07, 6.45) is 6.54. The van der Waals surface area contributed by atoms with E-state index in [0.717, 1.165) is 12.8 Å². The monoisotopic (exact) mass is 392 g/mol. The van der Waals surface area contributed by atoms with Crippen LogP contribution in [0.1, 0.15) is 60.8 Å². The zero-order valence-corrected chi connectivity index (χ0v) is 18.1. The van der Waals surface area contributed by atoms with Crippen molar-refractivity contribution in [1.29, 1.82) is 0 Å². The van der Waals surface area contributed by atoms with Crippen LogP contribution < -0.4 is 0 Å². The van der Waals surface area contributed by atoms with Gasteiger partial charge in [0.1, 0.15) is 6.61 Å². The van der Waals surface area contributed by atoms with Gasteiger partial charge in [-0.2, -0.15) is 0 Å². The third-order valence-corrected chi connectivity index (χ3v) is 5.32. The molecule has 3 atom stereocenters. The van der Waals surface area contributed by atoms with Crippen molar-refractivity contribution in [2.45, 2.75) is 72.5 Å². The number of ketones is 1. The van der Waals surface area contributed by atoms with Gasteiger partial charge in [-0.25, -0.2) is 4.79 Å². The molecular weight excluding hydrogens is 356 g/mol. The summed E-state index contributed by atoms with van der Waals surface area (Å²) in [5.74, 6) is -1.62. The first-order valence-electron chi connectivity index (χ1n) is 9.86. The van der Waals surface area contributed by atoms with Crippen LogP contribution in [-0.2, 0) is 14.3 Å². The van der Waals surface area contributed by atoms with E-state index in [0.29, 0.717) is 0 Å². The molecule has 5 heteroatoms. The van der Waals surface area contributed by atoms with Crippen molar-refractivity contribution < 1.29 is 24.5 Å². The number of allylic oxidation sites excluding steroid dienone is 4. The molecule has 0 aliphatic heterocycles. The van der Waals surface area contributed by atoms with Gasteiger partial charge >= 0.3 is 5.97 Å². The minimum atomic E-state index is -1.21. The average Bonchev–Trinajstić information content (AvgIpc) is 2.55. The van der Waals surface area contributed by atoms with E-state index in [-0.39, 0.29) is 35.7 Å². The first-order chi connectivity index (χ1) is 12.7. The number of ether oxygens (including phenoxy) is 1. The second-order valence-corrected chi connectivity index (χ2v) is 9.28. The van der Waals surface area contributed by atoms with Crippen LogP contribution in [0, 0.1) is 17.3 Å². The Balaban J connectivity index is 2.95. The summed E-state index contributed by atoms with van der Waals surface area (Å²) in [7, 11) is 0. The van der Waals surface area contributed by atoms with E-state index < -0.39 is 23.6 Å². The van der Waals surface area contributed by atoms with Crippen LogP contribution in [0.5, 0.6) is 0 Å². The number of aliphatic hydroxyl groups excluding tert-OH is 1. The Morgan fingerprint density at radius 3 is 2.54 bits per heavy atom. The number of esters is 1. The summed E-state index contributed by atoms with van der Waals surface area (Å²) in [4.78, 5) is 24.4. The van der Waals surface area contributed by atoms with Crippen molar-refractivity contribution in [3.05, 3.63) is 36.0 Å². The minimum Gasteiger partial charge on any atom is -0.460 e. The molecule has 1 aliphatic rings. The fourth-order valence-electron chi connectivity index (χ4n) is 3.66. The molecule has 0 aromatic heterocycles. The van der Waals surface area contributed by atoms with Crippen molar-refractivity contribution in [1.82, 2.24) is 0 Å². The molecule has 0 spiro atoms. The lowest BCUT2D eigenvalue weighted by Gasteiger charge is -2.36. The zero-order chi connectivity index (χ0) is 21.7. The normalized spacial score (nSPS) is 21.7. The Morgan fingerprint density at radius 2 is 2.04 bits per heavy atom. The molecule has 5 nitrogen and oxygen atoms in total. The Morgan fingerprint density at radius 1 is 1.43 bits per heavy atom. The highest BCUT2D eigenvalue weighted by Crippen LogP contribution is 2.41. The minimum absolute atomic E-state index is 0.0526. The first kappa shape index (κ1) is 24.3. The Bertz CT molecular complexity index is 648. The third-order valence-electron chi connectivity index (χ3n) is 5.32. The SMILES string of the molecule is C=C(C)C(=O)OCC(O)C(CC(C)(C)O)C(=O)/C=C/C1C(C)=CCCC1(C)C. The molecule has 0 bridgehead atoms. The highest BCUT2D eigenvalue weighted by atomic mass is 16.5. The average molecular weight is 393 g/mol. The van der Waals surface area contributed by atoms with E-state index in [1.165, 1.54) is 18.6 Å². The molecule has 158 valence electrons. The number of carbonyl (C=O) groups is 2. The van der Waals surface area contributed by atoms with E-state index in [2.05, 4.69) is 33.4 Å². The van der Waals surface area contributed by atoms with Gasteiger partial charge in [0.15, 0.2) is 5.78 Å². The van der Waals surface area contributed by atoms with Gasteiger partial charge in [0.25, 0.3) is 0 Å². The number of hydrogen-bond acceptors (Lipinski definition) is 5. The molecule has 1 aliphatic carbocycles. The molecule has 0 saturated heterocycles. The number of carbonyl (C=O) groups excluding carboxylic acids is 2. The maximum atomic E-state index is 12.9. The molecule has 0 heterocycles. The van der Waals surface area contributed by atoms with E-state index in [9.17, 15) is 19.8 Å². The van der Waals surface area contributed by atoms with Crippen LogP contribution in [0.2, 0.25) is 0 Å². The van der Waals surface area contributed by atoms with E-state index in [1.54, 1.807) is 13.8 Å². The quantitative estimate of drug-likeness (QED) is 0.355. The largest absolute Gasteiger partial charge is 0.460 e. The standard InChI is InChI=1S/C23H36O5/c1-15(2)21(26)28-14-20(25)17(13-23(6,7)27)19(24)11-10-18-16(3)9-8-12-22(18,4)5/h9-11,17-18,20,25,27H,1,8,12-14H2,2-7H3/b11-10+. The predicted molar refractivity (Wildman–Crippen MR) is 111 cm³/mol. The maximum Gasteiger partial charge on any atom is 0.333 e. The zero-order valence-electron chi connectivity index (χ0n) is 18.1. The highest BCUT2D eigenvalue weighted by molar-refractivity contribution is 5.92. The topological polar surface area (TPSA) is 83.8 Å². The van der Waals surface area contributed by atoms with Crippen LogP contribution in [0.15, 0.2) is 36.0 Å². The summed E-state index contributed by atoms with van der Waals surface area (Å²) in [5, 5.41) is 20.7. The van der Waals surface area contributed by atoms with Crippen LogP contribution in [0.4, 0.5) is 0 Å². The Labute approximate surface area is 169 Å². The second-order valence-electron chi connectivity index (χ2n) is 9.28. The van der Waals surface area contributed by atoms with Gasteiger partial charge < -0.3 is 14.9 Å². The van der Waals surface area contributed by atoms with Gasteiger partial charge in [-0.05, 0) is 58.4 Å². The van der Waals surface area contributed by atoms with Crippen LogP contribution in [0.3, 0.4) is 0 Å². The molecule has 0 radical (unpaired) electrons. The van der Waals surface area contributed by atoms with Crippen LogP contribution in [0.25, 0.3) is 0 Å². The Kier molecular flexibility index (Phi) is 8.39. The molecule has 28 heavy (non-hydrogen) atoms. The van der Waals surface area contributed by atoms with Crippen molar-refractivity contribution in [3.8, 4) is 0 Å². The van der Waals surface area contributed by atoms with E-state index in [4.69, 9.17) is 4.74 Å². The number of rotatable bonds is 9. The third kappa shape index (κ3) is 7.36. The van der Waals surface area contributed by atoms with Gasteiger partial charge in [0, 0.05) is 11.5 Å². The molecule has 1 rings (SSSR count). The lowest BCUT2D eigenvalue weighted by Crippen LogP contribution is -2.38. The van der Waals surface area contributed by atoms with E-state index >= 15 is 0 Å². The van der Waals surface area contributed by atoms with Gasteiger partial charge in [-0.3, -0.25) is 4.79 Å². The lowest BCUT2D eigenvalue weighted by molar-refractivity contribution is -0.145. The van der Waals surface area contributed by atoms with Crippen LogP contribution >= 0.6 is 0 Å². The number of aliphatic hydroxyl groups is 2. The first-order valence-corrected chi connectivity index (χ1v) is 9.86. The lowest BCUT2D eigenvalue weighted by atomic mass is 9.68. The second kappa shape index (κ2) is 9.66. The summed E-state index contributed by atoms with van der Waals surface area (Å²) in [6, 6.07) is 0. The van der Waals surface area contributed by atoms with Gasteiger partial charge in [-0.1, -0.05) is 38.2 Å². The molecule has 0 aromatic carbocycles. The molecular formula is C23H36O5. The van der Waals surface area contributed by atoms with Crippen LogP contribution in [-0.4, -0.2) is 40.3 Å². The summed E-state index contributed by atoms with van der Waals surface area (Å²) in [6.45, 7) is 14.3. The molecule has 0 fully saturated rings. The molecule has 3 unspecified atom stereocenters. The number of hydrogen-bond donors (Lipinski definition) is 2. The predicted octanol–water partition coefficient (Wildman–Crippen LogP) is 3.75. The van der Waals surface area contributed by atoms with Crippen molar-refractivity contribution >= 4 is 11.8 Å².